The second-order valence-corrected chi connectivity index (χ2v) is 13.0. The zero-order chi connectivity index (χ0) is 32.5. The fraction of sp³-hybridized carbons (Fsp3) is 0.667. The fourth-order valence-corrected chi connectivity index (χ4v) is 8.48. The van der Waals surface area contributed by atoms with E-state index in [-0.39, 0.29) is 17.4 Å². The molecule has 1 aromatic heterocycles. The molecule has 3 aliphatic carbocycles. The number of amides is 1. The van der Waals surface area contributed by atoms with E-state index in [1.807, 2.05) is 41.7 Å². The van der Waals surface area contributed by atoms with E-state index >= 15 is 0 Å². The number of hydrogen-bond acceptors (Lipinski definition) is 6. The SMILES string of the molecule is CC.CC.CCCNC(=O)CO.CN=C1C=C2C3(CCC4(C)C5c6[nH]c7ccccc7c6CC5CC[C@@]24O)OC1C(C)(C)O3. The molecule has 6 atom stereocenters. The average Bonchev–Trinajstić information content (AvgIpc) is 3.65. The number of aromatic nitrogens is 1. The lowest BCUT2D eigenvalue weighted by molar-refractivity contribution is -0.234. The molecule has 1 amide bonds. The van der Waals surface area contributed by atoms with Gasteiger partial charge in [-0.2, -0.15) is 0 Å². The summed E-state index contributed by atoms with van der Waals surface area (Å²) in [6.45, 7) is 16.7. The predicted molar refractivity (Wildman–Crippen MR) is 177 cm³/mol. The molecule has 3 fully saturated rings. The number of fused-ring (bicyclic) bond motifs is 9. The van der Waals surface area contributed by atoms with Crippen LogP contribution in [0.15, 0.2) is 40.9 Å². The van der Waals surface area contributed by atoms with Crippen LogP contribution in [0, 0.1) is 11.3 Å². The van der Waals surface area contributed by atoms with E-state index in [9.17, 15) is 9.90 Å². The summed E-state index contributed by atoms with van der Waals surface area (Å²) in [6.07, 6.45) is 7.34. The van der Waals surface area contributed by atoms with Crippen LogP contribution in [0.2, 0.25) is 0 Å². The maximum Gasteiger partial charge on any atom is 0.245 e. The van der Waals surface area contributed by atoms with Crippen molar-refractivity contribution in [1.82, 2.24) is 10.3 Å². The van der Waals surface area contributed by atoms with Gasteiger partial charge in [0, 0.05) is 53.5 Å². The number of carbonyl (C=O) groups is 1. The quantitative estimate of drug-likeness (QED) is 0.330. The summed E-state index contributed by atoms with van der Waals surface area (Å²) in [6, 6.07) is 8.64. The van der Waals surface area contributed by atoms with Gasteiger partial charge in [0.05, 0.1) is 16.9 Å². The molecule has 7 rings (SSSR count). The second-order valence-electron chi connectivity index (χ2n) is 13.0. The highest BCUT2D eigenvalue weighted by Crippen LogP contribution is 2.69. The van der Waals surface area contributed by atoms with Gasteiger partial charge in [0.25, 0.3) is 0 Å². The molecule has 5 aliphatic rings. The zero-order valence-corrected chi connectivity index (χ0v) is 28.3. The number of ether oxygens (including phenoxy) is 2. The molecule has 44 heavy (non-hydrogen) atoms. The Morgan fingerprint density at radius 1 is 1.11 bits per heavy atom. The van der Waals surface area contributed by atoms with Crippen molar-refractivity contribution in [1.29, 1.82) is 0 Å². The Balaban J connectivity index is 0.000000320. The van der Waals surface area contributed by atoms with Crippen LogP contribution in [0.25, 0.3) is 10.9 Å². The molecular weight excluding hydrogens is 554 g/mol. The van der Waals surface area contributed by atoms with E-state index in [4.69, 9.17) is 14.6 Å². The van der Waals surface area contributed by atoms with Gasteiger partial charge in [0.2, 0.25) is 5.91 Å². The Bertz CT molecular complexity index is 1400. The van der Waals surface area contributed by atoms with Crippen molar-refractivity contribution in [3.8, 4) is 0 Å². The number of H-pyrrole nitrogens is 1. The molecule has 1 spiro atoms. The molecule has 2 aromatic rings. The van der Waals surface area contributed by atoms with Gasteiger partial charge in [-0.3, -0.25) is 9.79 Å². The van der Waals surface area contributed by atoms with Gasteiger partial charge in [-0.25, -0.2) is 0 Å². The zero-order valence-electron chi connectivity index (χ0n) is 28.3. The van der Waals surface area contributed by atoms with Crippen molar-refractivity contribution in [3.05, 3.63) is 47.2 Å². The highest BCUT2D eigenvalue weighted by Gasteiger charge is 2.71. The minimum atomic E-state index is -0.980. The third-order valence-electron chi connectivity index (χ3n) is 10.3. The van der Waals surface area contributed by atoms with Crippen LogP contribution in [-0.4, -0.2) is 70.1 Å². The number of aliphatic hydroxyl groups is 2. The van der Waals surface area contributed by atoms with Crippen molar-refractivity contribution in [2.75, 3.05) is 20.2 Å². The number of benzene rings is 1. The largest absolute Gasteiger partial charge is 0.387 e. The van der Waals surface area contributed by atoms with Crippen molar-refractivity contribution >= 4 is 22.5 Å². The topological polar surface area (TPSA) is 116 Å². The first-order chi connectivity index (χ1) is 21.0. The Morgan fingerprint density at radius 3 is 2.48 bits per heavy atom. The Morgan fingerprint density at radius 2 is 1.82 bits per heavy atom. The number of nitrogens with zero attached hydrogens (tertiary/aromatic N) is 1. The molecular formula is C36H55N3O5. The summed E-state index contributed by atoms with van der Waals surface area (Å²) < 4.78 is 13.3. The van der Waals surface area contributed by atoms with Gasteiger partial charge in [0.15, 0.2) is 5.79 Å². The summed E-state index contributed by atoms with van der Waals surface area (Å²) in [5.41, 5.74) is 4.08. The molecule has 2 aliphatic heterocycles. The third-order valence-corrected chi connectivity index (χ3v) is 10.3. The van der Waals surface area contributed by atoms with E-state index in [1.165, 1.54) is 22.2 Å². The van der Waals surface area contributed by atoms with Crippen LogP contribution in [0.1, 0.15) is 105 Å². The lowest BCUT2D eigenvalue weighted by atomic mass is 9.48. The molecule has 8 nitrogen and oxygen atoms in total. The highest BCUT2D eigenvalue weighted by molar-refractivity contribution is 6.02. The highest BCUT2D eigenvalue weighted by atomic mass is 16.8. The van der Waals surface area contributed by atoms with Crippen LogP contribution in [0.3, 0.4) is 0 Å². The van der Waals surface area contributed by atoms with E-state index < -0.39 is 23.6 Å². The molecule has 2 bridgehead atoms. The monoisotopic (exact) mass is 609 g/mol. The minimum Gasteiger partial charge on any atom is -0.387 e. The van der Waals surface area contributed by atoms with Crippen molar-refractivity contribution in [2.45, 2.75) is 123 Å². The van der Waals surface area contributed by atoms with Gasteiger partial charge < -0.3 is 30.0 Å². The first-order valence-electron chi connectivity index (χ1n) is 16.8. The molecule has 244 valence electrons. The standard InChI is InChI=1S/C27H32N2O3.C5H11NO2.2C2H6/c1-24(2)23-19(28-4)14-20-26(30)10-9-15-13-17-16-7-5-6-8-18(16)29-22(17)21(15)25(26,3)11-12-27(20,31-23)32-24;1-2-3-6-5(8)4-7;2*1-2/h5-8,14-15,21,23,29-30H,9-13H2,1-4H3;7H,2-4H2,1H3,(H,6,8);2*1-2H3/t15?,21?,23?,25?,26-,27?;;;/m1.../s1. The van der Waals surface area contributed by atoms with Crippen molar-refractivity contribution in [3.63, 3.8) is 0 Å². The fourth-order valence-electron chi connectivity index (χ4n) is 8.48. The molecule has 5 unspecified atom stereocenters. The number of carbonyl (C=O) groups excluding carboxylic acids is 1. The molecule has 3 heterocycles. The van der Waals surface area contributed by atoms with E-state index in [0.717, 1.165) is 49.8 Å². The van der Waals surface area contributed by atoms with Crippen LogP contribution < -0.4 is 5.32 Å². The van der Waals surface area contributed by atoms with Gasteiger partial charge in [-0.05, 0) is 69.6 Å². The number of rotatable bonds is 3. The first kappa shape index (κ1) is 34.4. The van der Waals surface area contributed by atoms with Gasteiger partial charge >= 0.3 is 0 Å². The number of aliphatic hydroxyl groups excluding tert-OH is 1. The predicted octanol–water partition coefficient (Wildman–Crippen LogP) is 6.21. The number of nitrogens with one attached hydrogen (secondary N) is 2. The Hall–Kier alpha value is -2.52. The first-order valence-corrected chi connectivity index (χ1v) is 16.8. The van der Waals surface area contributed by atoms with E-state index in [1.54, 1.807) is 0 Å². The maximum absolute atomic E-state index is 12.6. The summed E-state index contributed by atoms with van der Waals surface area (Å²) >= 11 is 0. The van der Waals surface area contributed by atoms with Gasteiger partial charge in [0.1, 0.15) is 12.7 Å². The van der Waals surface area contributed by atoms with E-state index in [2.05, 4.69) is 66.4 Å². The summed E-state index contributed by atoms with van der Waals surface area (Å²) in [4.78, 5) is 18.5. The number of hydrogen-bond donors (Lipinski definition) is 4. The molecule has 2 saturated carbocycles. The van der Waals surface area contributed by atoms with Crippen LogP contribution in [0.4, 0.5) is 0 Å². The molecule has 0 radical (unpaired) electrons. The van der Waals surface area contributed by atoms with Crippen LogP contribution in [0.5, 0.6) is 0 Å². The smallest absolute Gasteiger partial charge is 0.245 e. The number of aliphatic imine (C=N–C) groups is 1. The number of aromatic amines is 1. The summed E-state index contributed by atoms with van der Waals surface area (Å²) in [5, 5.41) is 24.6. The molecule has 1 saturated heterocycles. The maximum atomic E-state index is 12.6. The van der Waals surface area contributed by atoms with Crippen molar-refractivity contribution < 1.29 is 24.5 Å². The Labute approximate surface area is 263 Å². The normalized spacial score (nSPS) is 34.4. The number of para-hydroxylation sites is 1. The molecule has 4 N–H and O–H groups in total. The van der Waals surface area contributed by atoms with Gasteiger partial charge in [-0.15, -0.1) is 0 Å². The second kappa shape index (κ2) is 13.1. The van der Waals surface area contributed by atoms with Crippen LogP contribution >= 0.6 is 0 Å². The van der Waals surface area contributed by atoms with Crippen molar-refractivity contribution in [2.24, 2.45) is 16.3 Å². The summed E-state index contributed by atoms with van der Waals surface area (Å²) in [5.74, 6) is -0.257. The molecule has 8 heteroatoms. The molecule has 1 aromatic carbocycles. The summed E-state index contributed by atoms with van der Waals surface area (Å²) in [7, 11) is 1.81. The lowest BCUT2D eigenvalue weighted by Crippen LogP contribution is -2.64. The average molecular weight is 610 g/mol. The third kappa shape index (κ3) is 5.25. The van der Waals surface area contributed by atoms with E-state index in [0.29, 0.717) is 18.4 Å². The minimum absolute atomic E-state index is 0.188. The Kier molecular flexibility index (Phi) is 10.2. The van der Waals surface area contributed by atoms with Gasteiger partial charge in [-0.1, -0.05) is 59.7 Å². The lowest BCUT2D eigenvalue weighted by Gasteiger charge is -2.61. The van der Waals surface area contributed by atoms with Crippen LogP contribution in [-0.2, 0) is 20.7 Å².